The van der Waals surface area contributed by atoms with Crippen LogP contribution in [0.1, 0.15) is 41.5 Å². The fraction of sp³-hybridized carbons (Fsp3) is 0.286. The average molecular weight is 346 g/mol. The molecule has 0 saturated heterocycles. The molecule has 0 spiro atoms. The molecule has 1 aromatic heterocycles. The summed E-state index contributed by atoms with van der Waals surface area (Å²) >= 11 is 0. The first-order valence-corrected chi connectivity index (χ1v) is 9.07. The van der Waals surface area contributed by atoms with Crippen LogP contribution in [0.2, 0.25) is 0 Å². The van der Waals surface area contributed by atoms with Crippen molar-refractivity contribution in [3.8, 4) is 0 Å². The van der Waals surface area contributed by atoms with Gasteiger partial charge in [0.05, 0.1) is 18.5 Å². The molecule has 3 aromatic rings. The normalized spacial score (nSPS) is 17.3. The van der Waals surface area contributed by atoms with Gasteiger partial charge in [-0.3, -0.25) is 9.48 Å². The Morgan fingerprint density at radius 3 is 2.77 bits per heavy atom. The van der Waals surface area contributed by atoms with Crippen molar-refractivity contribution in [3.63, 3.8) is 0 Å². The van der Waals surface area contributed by atoms with Gasteiger partial charge in [0, 0.05) is 0 Å². The fourth-order valence-corrected chi connectivity index (χ4v) is 3.73. The molecule has 1 amide bonds. The molecule has 0 bridgehead atoms. The number of hydrogen-bond acceptors (Lipinski definition) is 3. The zero-order valence-corrected chi connectivity index (χ0v) is 14.6. The second-order valence-electron chi connectivity index (χ2n) is 6.73. The zero-order chi connectivity index (χ0) is 17.8. The second kappa shape index (κ2) is 7.52. The molecule has 0 aliphatic heterocycles. The Balaban J connectivity index is 1.57. The molecule has 1 aliphatic rings. The number of benzene rings is 2. The van der Waals surface area contributed by atoms with Crippen LogP contribution in [0.5, 0.6) is 0 Å². The van der Waals surface area contributed by atoms with Crippen molar-refractivity contribution in [1.29, 1.82) is 0 Å². The van der Waals surface area contributed by atoms with Crippen molar-refractivity contribution in [1.82, 2.24) is 20.1 Å². The monoisotopic (exact) mass is 346 g/mol. The molecule has 2 aromatic carbocycles. The average Bonchev–Trinajstić information content (AvgIpc) is 3.21. The smallest absolute Gasteiger partial charge is 0.228 e. The summed E-state index contributed by atoms with van der Waals surface area (Å²) in [4.78, 5) is 17.1. The quantitative estimate of drug-likeness (QED) is 0.771. The van der Waals surface area contributed by atoms with E-state index in [1.807, 2.05) is 36.4 Å². The maximum atomic E-state index is 13.1. The van der Waals surface area contributed by atoms with Crippen molar-refractivity contribution in [2.24, 2.45) is 0 Å². The predicted octanol–water partition coefficient (Wildman–Crippen LogP) is 3.26. The molecular weight excluding hydrogens is 324 g/mol. The minimum atomic E-state index is -0.139. The predicted molar refractivity (Wildman–Crippen MR) is 99.5 cm³/mol. The van der Waals surface area contributed by atoms with Gasteiger partial charge in [0.25, 0.3) is 0 Å². The maximum Gasteiger partial charge on any atom is 0.228 e. The van der Waals surface area contributed by atoms with Crippen LogP contribution in [0.3, 0.4) is 0 Å². The van der Waals surface area contributed by atoms with Crippen LogP contribution in [0.25, 0.3) is 0 Å². The van der Waals surface area contributed by atoms with Crippen molar-refractivity contribution >= 4 is 5.91 Å². The number of hydrogen-bond donors (Lipinski definition) is 1. The summed E-state index contributed by atoms with van der Waals surface area (Å²) in [7, 11) is 0. The van der Waals surface area contributed by atoms with E-state index in [0.29, 0.717) is 6.54 Å². The largest absolute Gasteiger partial charge is 0.347 e. The summed E-state index contributed by atoms with van der Waals surface area (Å²) in [6.07, 6.45) is 6.20. The van der Waals surface area contributed by atoms with Gasteiger partial charge in [0.2, 0.25) is 5.91 Å². The number of carbonyl (C=O) groups is 1. The van der Waals surface area contributed by atoms with Crippen LogP contribution in [0.4, 0.5) is 0 Å². The minimum Gasteiger partial charge on any atom is -0.347 e. The number of rotatable bonds is 5. The molecule has 5 nitrogen and oxygen atoms in total. The van der Waals surface area contributed by atoms with Crippen LogP contribution in [-0.2, 0) is 17.8 Å². The summed E-state index contributed by atoms with van der Waals surface area (Å²) in [6, 6.07) is 18.2. The molecule has 4 rings (SSSR count). The first-order valence-electron chi connectivity index (χ1n) is 9.07. The highest BCUT2D eigenvalue weighted by molar-refractivity contribution is 5.84. The number of aryl methyl sites for hydroxylation is 1. The molecule has 2 atom stereocenters. The highest BCUT2D eigenvalue weighted by Gasteiger charge is 2.28. The molecule has 0 radical (unpaired) electrons. The van der Waals surface area contributed by atoms with Gasteiger partial charge in [-0.1, -0.05) is 54.6 Å². The van der Waals surface area contributed by atoms with Gasteiger partial charge in [-0.2, -0.15) is 5.10 Å². The Kier molecular flexibility index (Phi) is 4.78. The van der Waals surface area contributed by atoms with Crippen molar-refractivity contribution in [2.75, 3.05) is 0 Å². The summed E-state index contributed by atoms with van der Waals surface area (Å²) in [5.41, 5.74) is 3.54. The highest BCUT2D eigenvalue weighted by atomic mass is 16.2. The molecule has 0 unspecified atom stereocenters. The number of nitrogens with one attached hydrogen (secondary N) is 1. The topological polar surface area (TPSA) is 59.8 Å². The standard InChI is InChI=1S/C21H22N4O/c26-21(19-12-6-10-16-7-4-5-11-18(16)19)24-20(13-25-15-22-14-23-25)17-8-2-1-3-9-17/h1-5,7-9,11,14-15,19-20H,6,10,12-13H2,(H,24,26)/t19-,20-/m1/s1. The molecule has 26 heavy (non-hydrogen) atoms. The van der Waals surface area contributed by atoms with E-state index >= 15 is 0 Å². The zero-order valence-electron chi connectivity index (χ0n) is 14.6. The van der Waals surface area contributed by atoms with E-state index in [1.54, 1.807) is 11.0 Å². The Bertz CT molecular complexity index is 861. The van der Waals surface area contributed by atoms with E-state index in [-0.39, 0.29) is 17.9 Å². The molecule has 1 aliphatic carbocycles. The molecule has 1 heterocycles. The van der Waals surface area contributed by atoms with Gasteiger partial charge in [0.15, 0.2) is 0 Å². The van der Waals surface area contributed by atoms with Crippen molar-refractivity contribution in [2.45, 2.75) is 37.8 Å². The van der Waals surface area contributed by atoms with Gasteiger partial charge in [0.1, 0.15) is 12.7 Å². The molecule has 0 fully saturated rings. The number of fused-ring (bicyclic) bond motifs is 1. The van der Waals surface area contributed by atoms with Gasteiger partial charge < -0.3 is 5.32 Å². The van der Waals surface area contributed by atoms with E-state index in [0.717, 1.165) is 24.8 Å². The number of carbonyl (C=O) groups excluding carboxylic acids is 1. The lowest BCUT2D eigenvalue weighted by Crippen LogP contribution is -2.36. The van der Waals surface area contributed by atoms with Crippen LogP contribution in [0, 0.1) is 0 Å². The maximum absolute atomic E-state index is 13.1. The molecular formula is C21H22N4O. The first-order chi connectivity index (χ1) is 12.8. The van der Waals surface area contributed by atoms with Crippen molar-refractivity contribution in [3.05, 3.63) is 83.9 Å². The van der Waals surface area contributed by atoms with E-state index < -0.39 is 0 Å². The Morgan fingerprint density at radius 2 is 1.96 bits per heavy atom. The van der Waals surface area contributed by atoms with Gasteiger partial charge in [-0.05, 0) is 36.0 Å². The van der Waals surface area contributed by atoms with Crippen LogP contribution in [-0.4, -0.2) is 20.7 Å². The Hall–Kier alpha value is -2.95. The number of amides is 1. The molecule has 5 heteroatoms. The van der Waals surface area contributed by atoms with Crippen LogP contribution < -0.4 is 5.32 Å². The first kappa shape index (κ1) is 16.5. The fourth-order valence-electron chi connectivity index (χ4n) is 3.73. The lowest BCUT2D eigenvalue weighted by molar-refractivity contribution is -0.123. The summed E-state index contributed by atoms with van der Waals surface area (Å²) in [5, 5.41) is 7.45. The Labute approximate surface area is 153 Å². The summed E-state index contributed by atoms with van der Waals surface area (Å²) in [6.45, 7) is 0.560. The summed E-state index contributed by atoms with van der Waals surface area (Å²) in [5.74, 6) is 0.00743. The third-order valence-electron chi connectivity index (χ3n) is 5.04. The highest BCUT2D eigenvalue weighted by Crippen LogP contribution is 2.32. The third kappa shape index (κ3) is 3.52. The summed E-state index contributed by atoms with van der Waals surface area (Å²) < 4.78 is 1.76. The van der Waals surface area contributed by atoms with E-state index in [2.05, 4.69) is 33.6 Å². The number of nitrogens with zero attached hydrogens (tertiary/aromatic N) is 3. The third-order valence-corrected chi connectivity index (χ3v) is 5.04. The molecule has 1 N–H and O–H groups in total. The van der Waals surface area contributed by atoms with E-state index in [4.69, 9.17) is 0 Å². The minimum absolute atomic E-state index is 0.0816. The van der Waals surface area contributed by atoms with Gasteiger partial charge in [-0.15, -0.1) is 0 Å². The molecule has 0 saturated carbocycles. The van der Waals surface area contributed by atoms with Crippen LogP contribution in [0.15, 0.2) is 67.3 Å². The lowest BCUT2D eigenvalue weighted by Gasteiger charge is -2.27. The van der Waals surface area contributed by atoms with Gasteiger partial charge in [-0.25, -0.2) is 4.98 Å². The van der Waals surface area contributed by atoms with Crippen LogP contribution >= 0.6 is 0 Å². The van der Waals surface area contributed by atoms with Gasteiger partial charge >= 0.3 is 0 Å². The SMILES string of the molecule is O=C(N[C@H](Cn1cncn1)c1ccccc1)[C@@H]1CCCc2ccccc21. The number of aromatic nitrogens is 3. The Morgan fingerprint density at radius 1 is 1.15 bits per heavy atom. The van der Waals surface area contributed by atoms with E-state index in [9.17, 15) is 4.79 Å². The second-order valence-corrected chi connectivity index (χ2v) is 6.73. The van der Waals surface area contributed by atoms with Crippen molar-refractivity contribution < 1.29 is 4.79 Å². The molecule has 132 valence electrons. The lowest BCUT2D eigenvalue weighted by atomic mass is 9.82. The van der Waals surface area contributed by atoms with E-state index in [1.165, 1.54) is 17.5 Å².